The van der Waals surface area contributed by atoms with Crippen LogP contribution in [0, 0.1) is 6.92 Å². The van der Waals surface area contributed by atoms with Crippen molar-refractivity contribution in [1.29, 1.82) is 0 Å². The molecule has 0 saturated carbocycles. The number of benzene rings is 2. The van der Waals surface area contributed by atoms with Crippen molar-refractivity contribution in [2.75, 3.05) is 18.0 Å². The van der Waals surface area contributed by atoms with Crippen LogP contribution >= 0.6 is 0 Å². The first-order valence-corrected chi connectivity index (χ1v) is 8.76. The lowest BCUT2D eigenvalue weighted by atomic mass is 10.1. The van der Waals surface area contributed by atoms with Crippen LogP contribution in [0.1, 0.15) is 22.8 Å². The van der Waals surface area contributed by atoms with Crippen LogP contribution in [0.25, 0.3) is 0 Å². The molecule has 0 bridgehead atoms. The van der Waals surface area contributed by atoms with E-state index >= 15 is 0 Å². The number of carbonyl (C=O) groups excluding carboxylic acids is 1. The van der Waals surface area contributed by atoms with Crippen LogP contribution in [-0.4, -0.2) is 33.1 Å². The average Bonchev–Trinajstić information content (AvgIpc) is 2.56. The zero-order valence-corrected chi connectivity index (χ0v) is 14.5. The van der Waals surface area contributed by atoms with Gasteiger partial charge in [-0.3, -0.25) is 4.31 Å². The van der Waals surface area contributed by atoms with Gasteiger partial charge in [-0.25, -0.2) is 13.2 Å². The molecule has 2 aromatic rings. The second-order valence-electron chi connectivity index (χ2n) is 5.15. The van der Waals surface area contributed by atoms with Crippen LogP contribution in [-0.2, 0) is 14.8 Å². The van der Waals surface area contributed by atoms with Gasteiger partial charge in [0.15, 0.2) is 0 Å². The van der Waals surface area contributed by atoms with E-state index < -0.39 is 16.0 Å². The van der Waals surface area contributed by atoms with E-state index in [0.29, 0.717) is 11.3 Å². The fourth-order valence-electron chi connectivity index (χ4n) is 2.33. The first-order chi connectivity index (χ1) is 11.3. The number of phenolic OH excluding ortho intramolecular Hbond substituents is 1. The van der Waals surface area contributed by atoms with Crippen LogP contribution in [0.5, 0.6) is 5.75 Å². The molecular weight excluding hydrogens is 330 g/mol. The Hall–Kier alpha value is -2.54. The smallest absolute Gasteiger partial charge is 0.338 e. The molecular formula is C17H19NO5S. The quantitative estimate of drug-likeness (QED) is 0.839. The minimum Gasteiger partial charge on any atom is -0.508 e. The first-order valence-electron chi connectivity index (χ1n) is 7.32. The molecule has 0 spiro atoms. The normalized spacial score (nSPS) is 11.1. The summed E-state index contributed by atoms with van der Waals surface area (Å²) in [7, 11) is -2.61. The molecule has 0 unspecified atom stereocenters. The summed E-state index contributed by atoms with van der Waals surface area (Å²) in [4.78, 5) is 11.8. The number of nitrogens with zero attached hydrogens (tertiary/aromatic N) is 1. The summed E-state index contributed by atoms with van der Waals surface area (Å²) in [5, 5.41) is 9.37. The van der Waals surface area contributed by atoms with Crippen molar-refractivity contribution in [3.63, 3.8) is 0 Å². The van der Waals surface area contributed by atoms with Crippen molar-refractivity contribution in [1.82, 2.24) is 0 Å². The number of hydrogen-bond acceptors (Lipinski definition) is 5. The number of methoxy groups -OCH3 is 1. The molecule has 0 atom stereocenters. The highest BCUT2D eigenvalue weighted by Crippen LogP contribution is 2.26. The van der Waals surface area contributed by atoms with Gasteiger partial charge in [0.25, 0.3) is 10.0 Å². The Morgan fingerprint density at radius 3 is 2.33 bits per heavy atom. The molecule has 0 radical (unpaired) electrons. The maximum absolute atomic E-state index is 12.9. The minimum absolute atomic E-state index is 0.00317. The molecule has 7 heteroatoms. The van der Waals surface area contributed by atoms with Crippen LogP contribution in [0.2, 0.25) is 0 Å². The van der Waals surface area contributed by atoms with Crippen molar-refractivity contribution in [2.24, 2.45) is 0 Å². The number of carbonyl (C=O) groups is 1. The maximum atomic E-state index is 12.9. The third kappa shape index (κ3) is 3.35. The van der Waals surface area contributed by atoms with E-state index in [1.54, 1.807) is 19.9 Å². The van der Waals surface area contributed by atoms with Gasteiger partial charge in [0.2, 0.25) is 0 Å². The van der Waals surface area contributed by atoms with E-state index in [4.69, 9.17) is 4.74 Å². The third-order valence-electron chi connectivity index (χ3n) is 3.63. The van der Waals surface area contributed by atoms with Crippen LogP contribution in [0.4, 0.5) is 5.69 Å². The summed E-state index contributed by atoms with van der Waals surface area (Å²) >= 11 is 0. The third-order valence-corrected chi connectivity index (χ3v) is 5.53. The first kappa shape index (κ1) is 17.8. The van der Waals surface area contributed by atoms with Crippen molar-refractivity contribution in [2.45, 2.75) is 18.7 Å². The summed E-state index contributed by atoms with van der Waals surface area (Å²) in [6, 6.07) is 10.2. The Kier molecular flexibility index (Phi) is 5.14. The monoisotopic (exact) mass is 349 g/mol. The minimum atomic E-state index is -3.85. The molecule has 0 aliphatic rings. The number of hydrogen-bond donors (Lipinski definition) is 1. The number of aryl methyl sites for hydroxylation is 1. The number of aromatic hydroxyl groups is 1. The van der Waals surface area contributed by atoms with Crippen LogP contribution in [0.3, 0.4) is 0 Å². The second kappa shape index (κ2) is 6.92. The molecule has 0 heterocycles. The van der Waals surface area contributed by atoms with Crippen molar-refractivity contribution < 1.29 is 23.1 Å². The fourth-order valence-corrected chi connectivity index (χ4v) is 3.83. The van der Waals surface area contributed by atoms with Crippen molar-refractivity contribution >= 4 is 21.7 Å². The zero-order chi connectivity index (χ0) is 17.9. The van der Waals surface area contributed by atoms with Gasteiger partial charge >= 0.3 is 5.97 Å². The predicted octanol–water partition coefficient (Wildman–Crippen LogP) is 2.70. The Balaban J connectivity index is 2.52. The number of anilines is 1. The van der Waals surface area contributed by atoms with E-state index in [1.807, 2.05) is 0 Å². The Bertz CT molecular complexity index is 844. The van der Waals surface area contributed by atoms with Crippen LogP contribution in [0.15, 0.2) is 47.4 Å². The zero-order valence-electron chi connectivity index (χ0n) is 13.7. The topological polar surface area (TPSA) is 83.9 Å². The van der Waals surface area contributed by atoms with Gasteiger partial charge in [0, 0.05) is 6.54 Å². The molecule has 0 aliphatic carbocycles. The van der Waals surface area contributed by atoms with Crippen molar-refractivity contribution in [3.8, 4) is 5.75 Å². The van der Waals surface area contributed by atoms with Gasteiger partial charge in [-0.2, -0.15) is 0 Å². The summed E-state index contributed by atoms with van der Waals surface area (Å²) in [6.45, 7) is 3.62. The van der Waals surface area contributed by atoms with Gasteiger partial charge in [0.1, 0.15) is 5.75 Å². The average molecular weight is 349 g/mol. The predicted molar refractivity (Wildman–Crippen MR) is 90.8 cm³/mol. The lowest BCUT2D eigenvalue weighted by molar-refractivity contribution is 0.0599. The lowest BCUT2D eigenvalue weighted by Gasteiger charge is -2.23. The highest BCUT2D eigenvalue weighted by atomic mass is 32.2. The Morgan fingerprint density at radius 1 is 1.17 bits per heavy atom. The van der Waals surface area contributed by atoms with E-state index in [2.05, 4.69) is 0 Å². The van der Waals surface area contributed by atoms with E-state index in [9.17, 15) is 18.3 Å². The van der Waals surface area contributed by atoms with Gasteiger partial charge < -0.3 is 9.84 Å². The number of sulfonamides is 1. The second-order valence-corrected chi connectivity index (χ2v) is 7.02. The largest absolute Gasteiger partial charge is 0.508 e. The Labute approximate surface area is 141 Å². The van der Waals surface area contributed by atoms with E-state index in [0.717, 1.165) is 0 Å². The van der Waals surface area contributed by atoms with Gasteiger partial charge in [-0.15, -0.1) is 0 Å². The molecule has 0 fully saturated rings. The Morgan fingerprint density at radius 2 is 1.79 bits per heavy atom. The van der Waals surface area contributed by atoms with E-state index in [-0.39, 0.29) is 22.8 Å². The summed E-state index contributed by atoms with van der Waals surface area (Å²) in [5.74, 6) is -0.534. The molecule has 6 nitrogen and oxygen atoms in total. The molecule has 0 saturated heterocycles. The maximum Gasteiger partial charge on any atom is 0.338 e. The van der Waals surface area contributed by atoms with E-state index in [1.165, 1.54) is 47.8 Å². The van der Waals surface area contributed by atoms with Crippen molar-refractivity contribution in [3.05, 3.63) is 53.6 Å². The highest BCUT2D eigenvalue weighted by Gasteiger charge is 2.25. The fraction of sp³-hybridized carbons (Fsp3) is 0.235. The lowest BCUT2D eigenvalue weighted by Crippen LogP contribution is -2.31. The number of esters is 1. The molecule has 128 valence electrons. The molecule has 24 heavy (non-hydrogen) atoms. The number of ether oxygens (including phenoxy) is 1. The summed E-state index contributed by atoms with van der Waals surface area (Å²) < 4.78 is 31.8. The summed E-state index contributed by atoms with van der Waals surface area (Å²) in [6.07, 6.45) is 0. The molecule has 0 aliphatic heterocycles. The molecule has 0 aromatic heterocycles. The number of phenols is 1. The molecule has 2 rings (SSSR count). The molecule has 2 aromatic carbocycles. The van der Waals surface area contributed by atoms with Gasteiger partial charge in [-0.1, -0.05) is 6.07 Å². The van der Waals surface area contributed by atoms with Gasteiger partial charge in [0.05, 0.1) is 23.3 Å². The molecule has 1 N–H and O–H groups in total. The van der Waals surface area contributed by atoms with Crippen LogP contribution < -0.4 is 4.31 Å². The standard InChI is InChI=1S/C17H19NO5S/c1-4-18(13-6-8-14(19)9-7-13)24(21,22)15-10-5-12(2)16(11-15)17(20)23-3/h5-11,19H,4H2,1-3H3. The summed E-state index contributed by atoms with van der Waals surface area (Å²) in [5.41, 5.74) is 1.27. The molecule has 0 amide bonds. The highest BCUT2D eigenvalue weighted by molar-refractivity contribution is 7.92. The van der Waals surface area contributed by atoms with Gasteiger partial charge in [-0.05, 0) is 55.8 Å². The number of rotatable bonds is 5. The SMILES string of the molecule is CCN(c1ccc(O)cc1)S(=O)(=O)c1ccc(C)c(C(=O)OC)c1.